The van der Waals surface area contributed by atoms with Crippen molar-refractivity contribution in [2.45, 2.75) is 31.0 Å². The first-order valence-electron chi connectivity index (χ1n) is 9.78. The van der Waals surface area contributed by atoms with E-state index in [9.17, 15) is 0 Å². The molecule has 152 valence electrons. The first kappa shape index (κ1) is 21.2. The van der Waals surface area contributed by atoms with Gasteiger partial charge in [-0.05, 0) is 30.0 Å². The van der Waals surface area contributed by atoms with E-state index in [4.69, 9.17) is 19.6 Å². The predicted octanol–water partition coefficient (Wildman–Crippen LogP) is 5.32. The molecule has 0 aliphatic rings. The summed E-state index contributed by atoms with van der Waals surface area (Å²) in [5, 5.41) is 0. The van der Waals surface area contributed by atoms with Gasteiger partial charge in [-0.1, -0.05) is 91.0 Å². The summed E-state index contributed by atoms with van der Waals surface area (Å²) in [6.07, 6.45) is -0.111. The van der Waals surface area contributed by atoms with E-state index in [1.54, 1.807) is 0 Å². The molecule has 3 rings (SSSR count). The Morgan fingerprint density at radius 2 is 1.00 bits per heavy atom. The van der Waals surface area contributed by atoms with Gasteiger partial charge in [0.25, 0.3) is 0 Å². The van der Waals surface area contributed by atoms with E-state index in [0.717, 1.165) is 0 Å². The van der Waals surface area contributed by atoms with Gasteiger partial charge in [-0.3, -0.25) is 0 Å². The molecule has 0 fully saturated rings. The van der Waals surface area contributed by atoms with E-state index in [1.165, 1.54) is 30.9 Å². The zero-order valence-electron chi connectivity index (χ0n) is 17.2. The highest BCUT2D eigenvalue weighted by molar-refractivity contribution is 5.50. The maximum absolute atomic E-state index is 5.67. The lowest BCUT2D eigenvalue weighted by Crippen LogP contribution is -2.40. The maximum atomic E-state index is 5.67. The first-order chi connectivity index (χ1) is 14.2. The lowest BCUT2D eigenvalue weighted by molar-refractivity contribution is -0.373. The van der Waals surface area contributed by atoms with Crippen LogP contribution in [0, 0.1) is 0 Å². The van der Waals surface area contributed by atoms with Crippen LogP contribution in [0.5, 0.6) is 0 Å². The molecule has 0 amide bonds. The van der Waals surface area contributed by atoms with Crippen LogP contribution in [0.3, 0.4) is 0 Å². The zero-order valence-corrected chi connectivity index (χ0v) is 17.2. The molecule has 0 bridgehead atoms. The summed E-state index contributed by atoms with van der Waals surface area (Å²) in [7, 11) is 3.01. The predicted molar refractivity (Wildman–Crippen MR) is 113 cm³/mol. The number of hydrogen-bond acceptors (Lipinski definition) is 4. The number of hydrogen-bond donors (Lipinski definition) is 0. The molecule has 29 heavy (non-hydrogen) atoms. The summed E-state index contributed by atoms with van der Waals surface area (Å²) in [5.41, 5.74) is 3.06. The Balaban J connectivity index is 2.21. The average molecular weight is 392 g/mol. The second-order valence-corrected chi connectivity index (χ2v) is 6.98. The van der Waals surface area contributed by atoms with Crippen molar-refractivity contribution >= 4 is 0 Å². The minimum Gasteiger partial charge on any atom is -0.240 e. The standard InChI is InChI=1S/C25H28O4/c1-20(28-26-2)24(29-27-3)19-25(21-13-7-4-8-14-21,22-15-9-5-10-16-22)23-17-11-6-12-18-23/h4-18,20,24H,19H2,1-3H3. The Kier molecular flexibility index (Phi) is 7.55. The van der Waals surface area contributed by atoms with E-state index in [-0.39, 0.29) is 12.2 Å². The molecule has 0 heterocycles. The third-order valence-electron chi connectivity index (χ3n) is 5.30. The van der Waals surface area contributed by atoms with Crippen molar-refractivity contribution in [1.82, 2.24) is 0 Å². The van der Waals surface area contributed by atoms with Crippen LogP contribution in [0.15, 0.2) is 91.0 Å². The van der Waals surface area contributed by atoms with Crippen molar-refractivity contribution < 1.29 is 19.6 Å². The summed E-state index contributed by atoms with van der Waals surface area (Å²) in [5.74, 6) is 0. The van der Waals surface area contributed by atoms with E-state index in [2.05, 4.69) is 72.8 Å². The molecule has 0 saturated carbocycles. The summed E-state index contributed by atoms with van der Waals surface area (Å²) in [4.78, 5) is 21.1. The molecule has 0 aliphatic heterocycles. The molecule has 0 saturated heterocycles. The first-order valence-corrected chi connectivity index (χ1v) is 9.78. The molecule has 3 aromatic rings. The van der Waals surface area contributed by atoms with Crippen LogP contribution in [-0.2, 0) is 25.0 Å². The van der Waals surface area contributed by atoms with Crippen molar-refractivity contribution in [2.75, 3.05) is 14.2 Å². The molecule has 0 aliphatic carbocycles. The van der Waals surface area contributed by atoms with Crippen molar-refractivity contribution in [1.29, 1.82) is 0 Å². The van der Waals surface area contributed by atoms with Crippen LogP contribution < -0.4 is 0 Å². The van der Waals surface area contributed by atoms with E-state index in [1.807, 2.05) is 25.1 Å². The highest BCUT2D eigenvalue weighted by Crippen LogP contribution is 2.44. The molecule has 4 nitrogen and oxygen atoms in total. The molecule has 2 unspecified atom stereocenters. The number of benzene rings is 3. The van der Waals surface area contributed by atoms with Gasteiger partial charge < -0.3 is 0 Å². The van der Waals surface area contributed by atoms with Crippen LogP contribution >= 0.6 is 0 Å². The topological polar surface area (TPSA) is 36.9 Å². The summed E-state index contributed by atoms with van der Waals surface area (Å²) in [6, 6.07) is 31.4. The molecule has 0 N–H and O–H groups in total. The average Bonchev–Trinajstić information content (AvgIpc) is 2.79. The molecule has 0 radical (unpaired) electrons. The second kappa shape index (κ2) is 10.3. The van der Waals surface area contributed by atoms with Crippen molar-refractivity contribution in [3.63, 3.8) is 0 Å². The SMILES string of the molecule is COOC(C)C(CC(c1ccccc1)(c1ccccc1)c1ccccc1)OOC. The fourth-order valence-electron chi connectivity index (χ4n) is 3.94. The van der Waals surface area contributed by atoms with Crippen molar-refractivity contribution in [3.05, 3.63) is 108 Å². The van der Waals surface area contributed by atoms with Gasteiger partial charge in [-0.15, -0.1) is 0 Å². The maximum Gasteiger partial charge on any atom is 0.123 e. The van der Waals surface area contributed by atoms with Crippen LogP contribution in [0.2, 0.25) is 0 Å². The fraction of sp³-hybridized carbons (Fsp3) is 0.280. The van der Waals surface area contributed by atoms with Crippen molar-refractivity contribution in [2.24, 2.45) is 0 Å². The highest BCUT2D eigenvalue weighted by atomic mass is 17.2. The highest BCUT2D eigenvalue weighted by Gasteiger charge is 2.41. The van der Waals surface area contributed by atoms with Gasteiger partial charge in [-0.25, -0.2) is 19.6 Å². The van der Waals surface area contributed by atoms with Crippen LogP contribution in [0.1, 0.15) is 30.0 Å². The summed E-state index contributed by atoms with van der Waals surface area (Å²) in [6.45, 7) is 1.92. The summed E-state index contributed by atoms with van der Waals surface area (Å²) < 4.78 is 0. The van der Waals surface area contributed by atoms with Gasteiger partial charge in [0, 0.05) is 5.41 Å². The van der Waals surface area contributed by atoms with Crippen LogP contribution in [0.4, 0.5) is 0 Å². The fourth-order valence-corrected chi connectivity index (χ4v) is 3.94. The monoisotopic (exact) mass is 392 g/mol. The molecular weight excluding hydrogens is 364 g/mol. The minimum absolute atomic E-state index is 0.338. The van der Waals surface area contributed by atoms with Gasteiger partial charge in [-0.2, -0.15) is 0 Å². The second-order valence-electron chi connectivity index (χ2n) is 6.98. The Labute approximate surface area is 172 Å². The molecular formula is C25H28O4. The van der Waals surface area contributed by atoms with Gasteiger partial charge in [0.15, 0.2) is 0 Å². The smallest absolute Gasteiger partial charge is 0.123 e. The molecule has 3 aromatic carbocycles. The van der Waals surface area contributed by atoms with Crippen LogP contribution in [0.25, 0.3) is 0 Å². The van der Waals surface area contributed by atoms with Crippen molar-refractivity contribution in [3.8, 4) is 0 Å². The third-order valence-corrected chi connectivity index (χ3v) is 5.30. The Hall–Kier alpha value is -2.50. The molecule has 4 heteroatoms. The van der Waals surface area contributed by atoms with Gasteiger partial charge in [0.1, 0.15) is 12.2 Å². The Morgan fingerprint density at radius 3 is 1.34 bits per heavy atom. The van der Waals surface area contributed by atoms with Crippen LogP contribution in [-0.4, -0.2) is 26.4 Å². The van der Waals surface area contributed by atoms with E-state index < -0.39 is 5.41 Å². The third kappa shape index (κ3) is 4.74. The summed E-state index contributed by atoms with van der Waals surface area (Å²) >= 11 is 0. The molecule has 0 spiro atoms. The van der Waals surface area contributed by atoms with E-state index in [0.29, 0.717) is 6.42 Å². The number of rotatable bonds is 10. The molecule has 2 atom stereocenters. The zero-order chi connectivity index (χ0) is 20.5. The largest absolute Gasteiger partial charge is 0.240 e. The Bertz CT molecular complexity index is 740. The Morgan fingerprint density at radius 1 is 0.621 bits per heavy atom. The van der Waals surface area contributed by atoms with Gasteiger partial charge in [0.05, 0.1) is 14.2 Å². The van der Waals surface area contributed by atoms with Gasteiger partial charge in [0.2, 0.25) is 0 Å². The van der Waals surface area contributed by atoms with Gasteiger partial charge >= 0.3 is 0 Å². The lowest BCUT2D eigenvalue weighted by Gasteiger charge is -2.39. The normalized spacial score (nSPS) is 13.8. The quantitative estimate of drug-likeness (QED) is 0.266. The minimum atomic E-state index is -0.460. The van der Waals surface area contributed by atoms with E-state index >= 15 is 0 Å². The lowest BCUT2D eigenvalue weighted by atomic mass is 9.66. The molecule has 0 aromatic heterocycles.